The first-order chi connectivity index (χ1) is 9.93. The van der Waals surface area contributed by atoms with Crippen LogP contribution in [0.1, 0.15) is 20.3 Å². The van der Waals surface area contributed by atoms with Gasteiger partial charge in [0.15, 0.2) is 0 Å². The zero-order chi connectivity index (χ0) is 15.8. The van der Waals surface area contributed by atoms with Crippen LogP contribution in [0.25, 0.3) is 0 Å². The number of hydrogen-bond donors (Lipinski definition) is 2. The molecule has 0 spiro atoms. The van der Waals surface area contributed by atoms with Crippen molar-refractivity contribution >= 4 is 34.8 Å². The van der Waals surface area contributed by atoms with E-state index in [2.05, 4.69) is 24.5 Å². The van der Waals surface area contributed by atoms with Gasteiger partial charge in [0.1, 0.15) is 11.6 Å². The number of halogens is 2. The lowest BCUT2D eigenvalue weighted by Crippen LogP contribution is -2.17. The standard InChI is InChI=1S/C15H17Cl2N3O/c1-10(2)5-6-19-9-11(8-18)15(21)20-12-3-4-13(16)14(17)7-12/h3-4,7,9-10,19H,5-6H2,1-2H3,(H,20,21)/b11-9-. The summed E-state index contributed by atoms with van der Waals surface area (Å²) >= 11 is 11.7. The molecule has 1 aromatic carbocycles. The molecule has 4 nitrogen and oxygen atoms in total. The maximum absolute atomic E-state index is 12.0. The first kappa shape index (κ1) is 17.4. The number of nitriles is 1. The Balaban J connectivity index is 2.64. The summed E-state index contributed by atoms with van der Waals surface area (Å²) in [5.41, 5.74) is 0.488. The number of nitrogens with one attached hydrogen (secondary N) is 2. The van der Waals surface area contributed by atoms with Crippen LogP contribution in [0, 0.1) is 17.2 Å². The van der Waals surface area contributed by atoms with E-state index < -0.39 is 5.91 Å². The molecular weight excluding hydrogens is 309 g/mol. The van der Waals surface area contributed by atoms with Gasteiger partial charge in [0.05, 0.1) is 10.0 Å². The van der Waals surface area contributed by atoms with Gasteiger partial charge < -0.3 is 10.6 Å². The summed E-state index contributed by atoms with van der Waals surface area (Å²) in [5.74, 6) is 0.0643. The van der Waals surface area contributed by atoms with E-state index in [0.717, 1.165) is 6.42 Å². The van der Waals surface area contributed by atoms with Crippen molar-refractivity contribution < 1.29 is 4.79 Å². The summed E-state index contributed by atoms with van der Waals surface area (Å²) in [6, 6.07) is 6.59. The third kappa shape index (κ3) is 6.07. The predicted molar refractivity (Wildman–Crippen MR) is 86.2 cm³/mol. The molecule has 0 aliphatic carbocycles. The maximum atomic E-state index is 12.0. The Labute approximate surface area is 134 Å². The minimum atomic E-state index is -0.493. The molecule has 0 aromatic heterocycles. The minimum absolute atomic E-state index is 0.00447. The zero-order valence-corrected chi connectivity index (χ0v) is 13.4. The highest BCUT2D eigenvalue weighted by molar-refractivity contribution is 6.42. The summed E-state index contributed by atoms with van der Waals surface area (Å²) in [4.78, 5) is 12.0. The molecule has 0 unspecified atom stereocenters. The highest BCUT2D eigenvalue weighted by Crippen LogP contribution is 2.25. The highest BCUT2D eigenvalue weighted by atomic mass is 35.5. The van der Waals surface area contributed by atoms with Crippen molar-refractivity contribution in [2.24, 2.45) is 5.92 Å². The van der Waals surface area contributed by atoms with Crippen LogP contribution in [0.2, 0.25) is 10.0 Å². The molecule has 21 heavy (non-hydrogen) atoms. The summed E-state index contributed by atoms with van der Waals surface area (Å²) in [6.45, 7) is 4.92. The monoisotopic (exact) mass is 325 g/mol. The Bertz CT molecular complexity index is 577. The normalized spacial score (nSPS) is 11.1. The molecule has 0 atom stereocenters. The van der Waals surface area contributed by atoms with Crippen molar-refractivity contribution in [1.82, 2.24) is 5.32 Å². The fraction of sp³-hybridized carbons (Fsp3) is 0.333. The summed E-state index contributed by atoms with van der Waals surface area (Å²) in [7, 11) is 0. The summed E-state index contributed by atoms with van der Waals surface area (Å²) in [6.07, 6.45) is 2.39. The van der Waals surface area contributed by atoms with E-state index >= 15 is 0 Å². The van der Waals surface area contributed by atoms with Crippen molar-refractivity contribution in [2.75, 3.05) is 11.9 Å². The van der Waals surface area contributed by atoms with Gasteiger partial charge in [-0.25, -0.2) is 0 Å². The topological polar surface area (TPSA) is 64.9 Å². The Kier molecular flexibility index (Phi) is 7.07. The molecule has 1 aromatic rings. The maximum Gasteiger partial charge on any atom is 0.267 e. The first-order valence-electron chi connectivity index (χ1n) is 6.54. The fourth-order valence-corrected chi connectivity index (χ4v) is 1.77. The van der Waals surface area contributed by atoms with Crippen molar-refractivity contribution in [3.8, 4) is 6.07 Å². The minimum Gasteiger partial charge on any atom is -0.390 e. The molecular formula is C15H17Cl2N3O. The fourth-order valence-electron chi connectivity index (χ4n) is 1.47. The Hall–Kier alpha value is -1.70. The number of rotatable bonds is 6. The lowest BCUT2D eigenvalue weighted by Gasteiger charge is -2.07. The summed E-state index contributed by atoms with van der Waals surface area (Å²) in [5, 5.41) is 15.3. The molecule has 0 fully saturated rings. The van der Waals surface area contributed by atoms with Gasteiger partial charge in [-0.2, -0.15) is 5.26 Å². The molecule has 0 radical (unpaired) electrons. The lowest BCUT2D eigenvalue weighted by molar-refractivity contribution is -0.112. The van der Waals surface area contributed by atoms with Crippen LogP contribution < -0.4 is 10.6 Å². The van der Waals surface area contributed by atoms with Gasteiger partial charge in [-0.3, -0.25) is 4.79 Å². The van der Waals surface area contributed by atoms with Crippen molar-refractivity contribution in [1.29, 1.82) is 5.26 Å². The van der Waals surface area contributed by atoms with Crippen LogP contribution >= 0.6 is 23.2 Å². The molecule has 2 N–H and O–H groups in total. The highest BCUT2D eigenvalue weighted by Gasteiger charge is 2.10. The SMILES string of the molecule is CC(C)CCN/C=C(/C#N)C(=O)Nc1ccc(Cl)c(Cl)c1. The van der Waals surface area contributed by atoms with Gasteiger partial charge in [0.25, 0.3) is 5.91 Å². The first-order valence-corrected chi connectivity index (χ1v) is 7.29. The molecule has 0 aliphatic rings. The smallest absolute Gasteiger partial charge is 0.267 e. The number of nitrogens with zero attached hydrogens (tertiary/aromatic N) is 1. The van der Waals surface area contributed by atoms with E-state index in [-0.39, 0.29) is 5.57 Å². The van der Waals surface area contributed by atoms with Gasteiger partial charge in [-0.05, 0) is 30.5 Å². The number of carbonyl (C=O) groups excluding carboxylic acids is 1. The zero-order valence-electron chi connectivity index (χ0n) is 11.9. The predicted octanol–water partition coefficient (Wildman–Crippen LogP) is 3.98. The van der Waals surface area contributed by atoms with Crippen LogP contribution in [0.5, 0.6) is 0 Å². The Morgan fingerprint density at radius 3 is 2.67 bits per heavy atom. The molecule has 1 amide bonds. The van der Waals surface area contributed by atoms with E-state index in [4.69, 9.17) is 28.5 Å². The third-order valence-corrected chi connectivity index (χ3v) is 3.39. The number of hydrogen-bond acceptors (Lipinski definition) is 3. The molecule has 0 saturated carbocycles. The van der Waals surface area contributed by atoms with Crippen LogP contribution in [0.3, 0.4) is 0 Å². The third-order valence-electron chi connectivity index (χ3n) is 2.65. The van der Waals surface area contributed by atoms with Crippen LogP contribution in [-0.4, -0.2) is 12.5 Å². The summed E-state index contributed by atoms with van der Waals surface area (Å²) < 4.78 is 0. The van der Waals surface area contributed by atoms with E-state index in [1.165, 1.54) is 12.3 Å². The molecule has 0 aliphatic heterocycles. The quantitative estimate of drug-likeness (QED) is 0.472. The molecule has 0 saturated heterocycles. The number of anilines is 1. The lowest BCUT2D eigenvalue weighted by atomic mass is 10.1. The molecule has 0 heterocycles. The number of carbonyl (C=O) groups is 1. The van der Waals surface area contributed by atoms with Crippen molar-refractivity contribution in [3.63, 3.8) is 0 Å². The van der Waals surface area contributed by atoms with Crippen LogP contribution in [-0.2, 0) is 4.79 Å². The van der Waals surface area contributed by atoms with Gasteiger partial charge in [0, 0.05) is 18.4 Å². The van der Waals surface area contributed by atoms with Crippen LogP contribution in [0.4, 0.5) is 5.69 Å². The number of amides is 1. The van der Waals surface area contributed by atoms with E-state index in [0.29, 0.717) is 28.2 Å². The molecule has 1 rings (SSSR count). The van der Waals surface area contributed by atoms with Gasteiger partial charge >= 0.3 is 0 Å². The molecule has 6 heteroatoms. The second-order valence-corrected chi connectivity index (χ2v) is 5.70. The van der Waals surface area contributed by atoms with Gasteiger partial charge in [0.2, 0.25) is 0 Å². The Morgan fingerprint density at radius 1 is 1.38 bits per heavy atom. The second kappa shape index (κ2) is 8.56. The van der Waals surface area contributed by atoms with Gasteiger partial charge in [-0.15, -0.1) is 0 Å². The second-order valence-electron chi connectivity index (χ2n) is 4.89. The Morgan fingerprint density at radius 2 is 2.10 bits per heavy atom. The number of benzene rings is 1. The van der Waals surface area contributed by atoms with Gasteiger partial charge in [-0.1, -0.05) is 37.0 Å². The van der Waals surface area contributed by atoms with E-state index in [1.807, 2.05) is 6.07 Å². The van der Waals surface area contributed by atoms with Crippen LogP contribution in [0.15, 0.2) is 30.0 Å². The largest absolute Gasteiger partial charge is 0.390 e. The van der Waals surface area contributed by atoms with Crippen molar-refractivity contribution in [3.05, 3.63) is 40.0 Å². The van der Waals surface area contributed by atoms with Crippen molar-refractivity contribution in [2.45, 2.75) is 20.3 Å². The average molecular weight is 326 g/mol. The van der Waals surface area contributed by atoms with E-state index in [1.54, 1.807) is 12.1 Å². The molecule has 112 valence electrons. The van der Waals surface area contributed by atoms with E-state index in [9.17, 15) is 4.79 Å². The molecule has 0 bridgehead atoms. The average Bonchev–Trinajstić information content (AvgIpc) is 2.42.